The Hall–Kier alpha value is -0.420. The molecule has 0 aromatic carbocycles. The van der Waals surface area contributed by atoms with Crippen LogP contribution in [0, 0.1) is 0 Å². The first-order valence-corrected chi connectivity index (χ1v) is 8.24. The summed E-state index contributed by atoms with van der Waals surface area (Å²) in [6, 6.07) is 0. The molecule has 2 rings (SSSR count). The quantitative estimate of drug-likeness (QED) is 0.783. The van der Waals surface area contributed by atoms with E-state index in [-0.39, 0.29) is 12.2 Å². The van der Waals surface area contributed by atoms with Crippen LogP contribution in [-0.2, 0) is 9.47 Å². The number of hydrogen-bond donors (Lipinski definition) is 1. The minimum atomic E-state index is 0.256. The number of rotatable bonds is 2. The van der Waals surface area contributed by atoms with Gasteiger partial charge in [-0.25, -0.2) is 0 Å². The molecule has 0 aromatic heterocycles. The van der Waals surface area contributed by atoms with E-state index in [2.05, 4.69) is 5.32 Å². The van der Waals surface area contributed by atoms with Gasteiger partial charge in [-0.15, -0.1) is 0 Å². The number of thiocarbonyl (C=S) groups is 2. The Morgan fingerprint density at radius 3 is 1.42 bits per heavy atom. The van der Waals surface area contributed by atoms with Gasteiger partial charge in [0.15, 0.2) is 0 Å². The van der Waals surface area contributed by atoms with Crippen LogP contribution in [0.5, 0.6) is 0 Å². The molecule has 0 radical (unpaired) electrons. The Kier molecular flexibility index (Phi) is 6.31. The molecule has 0 aliphatic heterocycles. The number of ether oxygens (including phenoxy) is 2. The van der Waals surface area contributed by atoms with Gasteiger partial charge in [0.1, 0.15) is 12.2 Å². The van der Waals surface area contributed by atoms with Crippen LogP contribution in [0.3, 0.4) is 0 Å². The van der Waals surface area contributed by atoms with Crippen LogP contribution in [0.15, 0.2) is 0 Å². The highest BCUT2D eigenvalue weighted by Gasteiger charge is 2.19. The molecular weight excluding hydrogens is 278 g/mol. The predicted octanol–water partition coefficient (Wildman–Crippen LogP) is 3.84. The first kappa shape index (κ1) is 15.0. The lowest BCUT2D eigenvalue weighted by Crippen LogP contribution is -2.36. The van der Waals surface area contributed by atoms with E-state index in [0.29, 0.717) is 10.3 Å². The second-order valence-electron chi connectivity index (χ2n) is 5.46. The Labute approximate surface area is 126 Å². The highest BCUT2D eigenvalue weighted by Crippen LogP contribution is 2.21. The van der Waals surface area contributed by atoms with E-state index in [1.54, 1.807) is 0 Å². The van der Waals surface area contributed by atoms with Crippen molar-refractivity contribution in [2.24, 2.45) is 0 Å². The Morgan fingerprint density at radius 2 is 1.05 bits per heavy atom. The van der Waals surface area contributed by atoms with Gasteiger partial charge in [-0.05, 0) is 75.8 Å². The van der Waals surface area contributed by atoms with Crippen molar-refractivity contribution in [3.05, 3.63) is 0 Å². The molecule has 2 fully saturated rings. The molecular formula is C14H23NO2S2. The zero-order valence-corrected chi connectivity index (χ0v) is 13.0. The van der Waals surface area contributed by atoms with E-state index in [1.165, 1.54) is 38.5 Å². The molecule has 0 spiro atoms. The molecule has 2 aliphatic rings. The van der Waals surface area contributed by atoms with Crippen LogP contribution >= 0.6 is 24.4 Å². The van der Waals surface area contributed by atoms with Crippen LogP contribution in [0.1, 0.15) is 64.2 Å². The van der Waals surface area contributed by atoms with Gasteiger partial charge in [0.2, 0.25) is 0 Å². The molecule has 0 atom stereocenters. The zero-order valence-electron chi connectivity index (χ0n) is 11.4. The standard InChI is InChI=1S/C14H23NO2S2/c18-13(16-11-7-3-1-4-8-11)15-14(19)17-12-9-5-2-6-10-12/h11-12H,1-10H2,(H,15,18,19). The van der Waals surface area contributed by atoms with Gasteiger partial charge < -0.3 is 9.47 Å². The lowest BCUT2D eigenvalue weighted by Gasteiger charge is -2.25. The summed E-state index contributed by atoms with van der Waals surface area (Å²) >= 11 is 10.4. The summed E-state index contributed by atoms with van der Waals surface area (Å²) in [4.78, 5) is 0. The van der Waals surface area contributed by atoms with Gasteiger partial charge >= 0.3 is 0 Å². The maximum Gasteiger partial charge on any atom is 0.264 e. The summed E-state index contributed by atoms with van der Waals surface area (Å²) in [6.45, 7) is 0. The monoisotopic (exact) mass is 301 g/mol. The normalized spacial score (nSPS) is 21.7. The Balaban J connectivity index is 1.64. The van der Waals surface area contributed by atoms with Crippen molar-refractivity contribution in [3.63, 3.8) is 0 Å². The van der Waals surface area contributed by atoms with Crippen molar-refractivity contribution >= 4 is 34.8 Å². The summed E-state index contributed by atoms with van der Waals surface area (Å²) in [6.07, 6.45) is 12.4. The molecule has 2 saturated carbocycles. The van der Waals surface area contributed by atoms with Gasteiger partial charge in [-0.2, -0.15) is 0 Å². The summed E-state index contributed by atoms with van der Waals surface area (Å²) in [5, 5.41) is 3.63. The van der Waals surface area contributed by atoms with Gasteiger partial charge in [-0.3, -0.25) is 5.32 Å². The highest BCUT2D eigenvalue weighted by molar-refractivity contribution is 7.81. The molecule has 108 valence electrons. The van der Waals surface area contributed by atoms with Crippen LogP contribution < -0.4 is 5.32 Å². The van der Waals surface area contributed by atoms with E-state index in [9.17, 15) is 0 Å². The van der Waals surface area contributed by atoms with E-state index in [0.717, 1.165) is 25.7 Å². The molecule has 0 bridgehead atoms. The molecule has 19 heavy (non-hydrogen) atoms. The van der Waals surface area contributed by atoms with E-state index >= 15 is 0 Å². The first-order chi connectivity index (χ1) is 9.24. The van der Waals surface area contributed by atoms with Crippen LogP contribution in [0.2, 0.25) is 0 Å². The molecule has 0 heterocycles. The Morgan fingerprint density at radius 1 is 0.684 bits per heavy atom. The van der Waals surface area contributed by atoms with Crippen molar-refractivity contribution < 1.29 is 9.47 Å². The minimum absolute atomic E-state index is 0.256. The van der Waals surface area contributed by atoms with Gasteiger partial charge in [0.25, 0.3) is 10.3 Å². The minimum Gasteiger partial charge on any atom is -0.467 e. The predicted molar refractivity (Wildman–Crippen MR) is 84.2 cm³/mol. The van der Waals surface area contributed by atoms with Gasteiger partial charge in [0.05, 0.1) is 0 Å². The van der Waals surface area contributed by atoms with Gasteiger partial charge in [0, 0.05) is 0 Å². The average Bonchev–Trinajstić information content (AvgIpc) is 2.40. The lowest BCUT2D eigenvalue weighted by atomic mass is 9.98. The smallest absolute Gasteiger partial charge is 0.264 e. The van der Waals surface area contributed by atoms with E-state index < -0.39 is 0 Å². The third kappa shape index (κ3) is 5.61. The summed E-state index contributed by atoms with van der Waals surface area (Å²) < 4.78 is 11.4. The van der Waals surface area contributed by atoms with Crippen molar-refractivity contribution in [2.45, 2.75) is 76.4 Å². The second-order valence-corrected chi connectivity index (χ2v) is 6.20. The maximum absolute atomic E-state index is 5.70. The number of hydrogen-bond acceptors (Lipinski definition) is 4. The fourth-order valence-corrected chi connectivity index (χ4v) is 3.33. The maximum atomic E-state index is 5.70. The van der Waals surface area contributed by atoms with Crippen LogP contribution in [0.25, 0.3) is 0 Å². The molecule has 0 aromatic rings. The summed E-state index contributed by atoms with van der Waals surface area (Å²) in [5.41, 5.74) is 0. The summed E-state index contributed by atoms with van der Waals surface area (Å²) in [7, 11) is 0. The molecule has 0 saturated heterocycles. The number of nitrogens with one attached hydrogen (secondary N) is 1. The molecule has 3 nitrogen and oxygen atoms in total. The SMILES string of the molecule is S=C(NC(=S)OC1CCCCC1)OC1CCCCC1. The van der Waals surface area contributed by atoms with Crippen molar-refractivity contribution in [1.29, 1.82) is 0 Å². The molecule has 0 amide bonds. The molecule has 1 N–H and O–H groups in total. The van der Waals surface area contributed by atoms with E-state index in [4.69, 9.17) is 33.9 Å². The fraction of sp³-hybridized carbons (Fsp3) is 0.857. The molecule has 5 heteroatoms. The third-order valence-corrected chi connectivity index (χ3v) is 4.25. The van der Waals surface area contributed by atoms with E-state index in [1.807, 2.05) is 0 Å². The second kappa shape index (κ2) is 8.00. The first-order valence-electron chi connectivity index (χ1n) is 7.42. The lowest BCUT2D eigenvalue weighted by molar-refractivity contribution is 0.131. The summed E-state index contributed by atoms with van der Waals surface area (Å²) in [5.74, 6) is 0. The fourth-order valence-electron chi connectivity index (χ4n) is 2.81. The average molecular weight is 301 g/mol. The molecule has 0 unspecified atom stereocenters. The molecule has 2 aliphatic carbocycles. The largest absolute Gasteiger partial charge is 0.467 e. The van der Waals surface area contributed by atoms with Gasteiger partial charge in [-0.1, -0.05) is 12.8 Å². The van der Waals surface area contributed by atoms with Crippen molar-refractivity contribution in [3.8, 4) is 0 Å². The third-order valence-electron chi connectivity index (χ3n) is 3.86. The van der Waals surface area contributed by atoms with Crippen LogP contribution in [-0.4, -0.2) is 22.6 Å². The topological polar surface area (TPSA) is 30.5 Å². The Bertz CT molecular complexity index is 281. The van der Waals surface area contributed by atoms with Crippen molar-refractivity contribution in [1.82, 2.24) is 5.32 Å². The highest BCUT2D eigenvalue weighted by atomic mass is 32.1. The van der Waals surface area contributed by atoms with Crippen LogP contribution in [0.4, 0.5) is 0 Å². The zero-order chi connectivity index (χ0) is 13.5. The van der Waals surface area contributed by atoms with Crippen molar-refractivity contribution in [2.75, 3.05) is 0 Å².